The molecule has 11 heteroatoms. The maximum atomic E-state index is 13.1. The molecule has 0 saturated heterocycles. The van der Waals surface area contributed by atoms with Gasteiger partial charge in [-0.05, 0) is 49.8 Å². The average Bonchev–Trinajstić information content (AvgIpc) is 3.77. The van der Waals surface area contributed by atoms with Crippen LogP contribution in [-0.4, -0.2) is 51.4 Å². The van der Waals surface area contributed by atoms with Crippen LogP contribution >= 0.6 is 11.6 Å². The molecule has 0 spiro atoms. The summed E-state index contributed by atoms with van der Waals surface area (Å²) in [7, 11) is -3.48. The molecule has 0 radical (unpaired) electrons. The first-order valence-corrected chi connectivity index (χ1v) is 14.4. The summed E-state index contributed by atoms with van der Waals surface area (Å²) in [4.78, 5) is 25.6. The summed E-state index contributed by atoms with van der Waals surface area (Å²) in [6.07, 6.45) is 5.40. The molecule has 6 rings (SSSR count). The molecular weight excluding hydrogens is 516 g/mol. The summed E-state index contributed by atoms with van der Waals surface area (Å²) in [6, 6.07) is 10.7. The zero-order chi connectivity index (χ0) is 25.7. The van der Waals surface area contributed by atoms with Crippen molar-refractivity contribution in [3.05, 3.63) is 63.7 Å². The van der Waals surface area contributed by atoms with Gasteiger partial charge in [-0.25, -0.2) is 13.1 Å². The van der Waals surface area contributed by atoms with Crippen LogP contribution in [0.1, 0.15) is 31.4 Å². The highest BCUT2D eigenvalue weighted by Gasteiger charge is 2.37. The smallest absolute Gasteiger partial charge is 0.275 e. The number of ether oxygens (including phenoxy) is 1. The predicted octanol–water partition coefficient (Wildman–Crippen LogP) is 3.38. The Hall–Kier alpha value is -3.24. The van der Waals surface area contributed by atoms with Gasteiger partial charge in [0.25, 0.3) is 5.56 Å². The molecule has 192 valence electrons. The third-order valence-corrected chi connectivity index (χ3v) is 9.26. The minimum absolute atomic E-state index is 0.236. The van der Waals surface area contributed by atoms with Gasteiger partial charge in [0.05, 0.1) is 40.0 Å². The van der Waals surface area contributed by atoms with Crippen molar-refractivity contribution < 1.29 is 17.9 Å². The van der Waals surface area contributed by atoms with Crippen LogP contribution in [0.2, 0.25) is 5.02 Å². The van der Waals surface area contributed by atoms with E-state index in [2.05, 4.69) is 10.2 Å². The first-order chi connectivity index (χ1) is 17.8. The van der Waals surface area contributed by atoms with Crippen LogP contribution in [-0.2, 0) is 27.7 Å². The Kier molecular flexibility index (Phi) is 6.03. The van der Waals surface area contributed by atoms with Gasteiger partial charge in [-0.1, -0.05) is 29.8 Å². The summed E-state index contributed by atoms with van der Waals surface area (Å²) in [5.41, 5.74) is 0.797. The Morgan fingerprint density at radius 2 is 1.84 bits per heavy atom. The Bertz CT molecular complexity index is 1700. The number of nitrogens with zero attached hydrogens (tertiary/aromatic N) is 4. The number of halogens is 1. The lowest BCUT2D eigenvalue weighted by Crippen LogP contribution is -2.31. The average molecular weight is 541 g/mol. The van der Waals surface area contributed by atoms with Crippen molar-refractivity contribution in [2.24, 2.45) is 5.92 Å². The van der Waals surface area contributed by atoms with Crippen molar-refractivity contribution in [1.82, 2.24) is 19.6 Å². The van der Waals surface area contributed by atoms with Crippen LogP contribution in [0.4, 0.5) is 0 Å². The fourth-order valence-electron chi connectivity index (χ4n) is 4.42. The molecule has 0 N–H and O–H groups in total. The van der Waals surface area contributed by atoms with E-state index in [0.29, 0.717) is 58.1 Å². The number of hydrogen-bond acceptors (Lipinski definition) is 7. The molecule has 2 fully saturated rings. The first kappa shape index (κ1) is 24.1. The van der Waals surface area contributed by atoms with Crippen LogP contribution in [0, 0.1) is 5.92 Å². The zero-order valence-corrected chi connectivity index (χ0v) is 21.5. The standard InChI is InChI=1S/C26H25ClN4O5S/c27-22-10-23-17(9-25(22)36-14-16-5-6-16)11-30(28-23)13-24-20-3-1-2-4-21(20)26(33)31(29-24)12-18(32)15-37(34,35)19-7-8-19/h1-4,9-11,16,19H,5-8,12-15H2. The molecule has 0 amide bonds. The van der Waals surface area contributed by atoms with Gasteiger partial charge in [0.2, 0.25) is 0 Å². The van der Waals surface area contributed by atoms with E-state index in [1.807, 2.05) is 18.3 Å². The lowest BCUT2D eigenvalue weighted by atomic mass is 10.1. The van der Waals surface area contributed by atoms with E-state index in [1.165, 1.54) is 12.8 Å². The van der Waals surface area contributed by atoms with Gasteiger partial charge in [0.1, 0.15) is 18.0 Å². The summed E-state index contributed by atoms with van der Waals surface area (Å²) in [5, 5.41) is 11.0. The van der Waals surface area contributed by atoms with Gasteiger partial charge in [-0.3, -0.25) is 14.3 Å². The highest BCUT2D eigenvalue weighted by molar-refractivity contribution is 7.93. The van der Waals surface area contributed by atoms with E-state index >= 15 is 0 Å². The van der Waals surface area contributed by atoms with Crippen molar-refractivity contribution >= 4 is 48.9 Å². The number of carbonyl (C=O) groups excluding carboxylic acids is 1. The maximum Gasteiger partial charge on any atom is 0.275 e. The summed E-state index contributed by atoms with van der Waals surface area (Å²) >= 11 is 6.41. The van der Waals surface area contributed by atoms with Gasteiger partial charge in [0.15, 0.2) is 15.6 Å². The second-order valence-electron chi connectivity index (χ2n) is 9.92. The van der Waals surface area contributed by atoms with Crippen molar-refractivity contribution in [2.75, 3.05) is 12.4 Å². The van der Waals surface area contributed by atoms with Crippen molar-refractivity contribution in [2.45, 2.75) is 44.0 Å². The molecule has 2 aliphatic rings. The third-order valence-electron chi connectivity index (χ3n) is 6.75. The molecule has 37 heavy (non-hydrogen) atoms. The molecule has 9 nitrogen and oxygen atoms in total. The number of carbonyl (C=O) groups is 1. The topological polar surface area (TPSA) is 113 Å². The van der Waals surface area contributed by atoms with Crippen molar-refractivity contribution in [3.63, 3.8) is 0 Å². The van der Waals surface area contributed by atoms with E-state index < -0.39 is 38.7 Å². The normalized spacial score (nSPS) is 15.9. The number of hydrogen-bond donors (Lipinski definition) is 0. The second kappa shape index (κ2) is 9.25. The Balaban J connectivity index is 1.30. The molecule has 4 aromatic rings. The second-order valence-corrected chi connectivity index (χ2v) is 12.6. The van der Waals surface area contributed by atoms with Crippen molar-refractivity contribution in [1.29, 1.82) is 0 Å². The number of aromatic nitrogens is 4. The zero-order valence-electron chi connectivity index (χ0n) is 20.0. The lowest BCUT2D eigenvalue weighted by Gasteiger charge is -2.11. The molecule has 2 saturated carbocycles. The van der Waals surface area contributed by atoms with Gasteiger partial charge in [0, 0.05) is 17.0 Å². The van der Waals surface area contributed by atoms with E-state index in [0.717, 1.165) is 10.1 Å². The fraction of sp³-hybridized carbons (Fsp3) is 0.385. The highest BCUT2D eigenvalue weighted by Crippen LogP contribution is 2.34. The summed E-state index contributed by atoms with van der Waals surface area (Å²) < 4.78 is 33.1. The number of sulfone groups is 1. The van der Waals surface area contributed by atoms with Crippen LogP contribution in [0.5, 0.6) is 5.75 Å². The Morgan fingerprint density at radius 1 is 1.08 bits per heavy atom. The van der Waals surface area contributed by atoms with Gasteiger partial charge in [-0.2, -0.15) is 10.2 Å². The van der Waals surface area contributed by atoms with Gasteiger partial charge < -0.3 is 4.74 Å². The maximum absolute atomic E-state index is 13.1. The molecule has 0 aliphatic heterocycles. The van der Waals surface area contributed by atoms with Crippen LogP contribution in [0.25, 0.3) is 21.7 Å². The predicted molar refractivity (Wildman–Crippen MR) is 140 cm³/mol. The van der Waals surface area contributed by atoms with Gasteiger partial charge >= 0.3 is 0 Å². The van der Waals surface area contributed by atoms with E-state index in [-0.39, 0.29) is 6.54 Å². The minimum Gasteiger partial charge on any atom is -0.492 e. The van der Waals surface area contributed by atoms with Crippen LogP contribution < -0.4 is 10.3 Å². The Labute approximate surface area is 217 Å². The molecule has 0 bridgehead atoms. The molecule has 2 aromatic carbocycles. The van der Waals surface area contributed by atoms with Gasteiger partial charge in [-0.15, -0.1) is 0 Å². The molecule has 0 atom stereocenters. The first-order valence-electron chi connectivity index (χ1n) is 12.3. The quantitative estimate of drug-likeness (QED) is 0.303. The fourth-order valence-corrected chi connectivity index (χ4v) is 6.27. The monoisotopic (exact) mass is 540 g/mol. The van der Waals surface area contributed by atoms with E-state index in [1.54, 1.807) is 28.9 Å². The van der Waals surface area contributed by atoms with Crippen LogP contribution in [0.15, 0.2) is 47.4 Å². The number of Topliss-reactive ketones (excluding diaryl/α,β-unsaturated/α-hetero) is 1. The largest absolute Gasteiger partial charge is 0.492 e. The molecule has 2 heterocycles. The minimum atomic E-state index is -3.48. The SMILES string of the molecule is O=C(Cn1nc(Cn2cc3cc(OCC4CC4)c(Cl)cc3n2)c2ccccc2c1=O)CS(=O)(=O)C1CC1. The Morgan fingerprint density at radius 3 is 2.57 bits per heavy atom. The number of ketones is 1. The summed E-state index contributed by atoms with van der Waals surface area (Å²) in [6.45, 7) is 0.485. The third kappa shape index (κ3) is 5.13. The summed E-state index contributed by atoms with van der Waals surface area (Å²) in [5.74, 6) is 0.0910. The molecular formula is C26H25ClN4O5S. The number of fused-ring (bicyclic) bond motifs is 2. The number of benzene rings is 2. The number of rotatable bonds is 10. The van der Waals surface area contributed by atoms with Crippen molar-refractivity contribution in [3.8, 4) is 5.75 Å². The molecule has 2 aromatic heterocycles. The molecule has 0 unspecified atom stereocenters. The van der Waals surface area contributed by atoms with E-state index in [4.69, 9.17) is 16.3 Å². The van der Waals surface area contributed by atoms with E-state index in [9.17, 15) is 18.0 Å². The lowest BCUT2D eigenvalue weighted by molar-refractivity contribution is -0.117. The van der Waals surface area contributed by atoms with Crippen LogP contribution in [0.3, 0.4) is 0 Å². The highest BCUT2D eigenvalue weighted by atomic mass is 35.5. The molecule has 2 aliphatic carbocycles.